The van der Waals surface area contributed by atoms with Crippen molar-refractivity contribution in [3.8, 4) is 0 Å². The lowest BCUT2D eigenvalue weighted by molar-refractivity contribution is -0.136. The number of Topliss-reactive ketones (excluding diaryl/α,β-unsaturated/α-hetero) is 1. The second-order valence-electron chi connectivity index (χ2n) is 2.78. The fourth-order valence-corrected chi connectivity index (χ4v) is 0.795. The van der Waals surface area contributed by atoms with Gasteiger partial charge in [0.1, 0.15) is 24.4 Å². The fraction of sp³-hybridized carbons (Fsp3) is 0.714. The van der Waals surface area contributed by atoms with Crippen LogP contribution in [0, 0.1) is 0 Å². The smallest absolute Gasteiger partial charge is 0.214 e. The van der Waals surface area contributed by atoms with Crippen LogP contribution < -0.4 is 5.73 Å². The first-order chi connectivity index (χ1) is 6.45. The molecular formula is C7H13NO6. The monoisotopic (exact) mass is 207 g/mol. The highest BCUT2D eigenvalue weighted by atomic mass is 16.4. The third kappa shape index (κ3) is 3.13. The van der Waals surface area contributed by atoms with Crippen molar-refractivity contribution in [1.82, 2.24) is 0 Å². The minimum atomic E-state index is -1.80. The predicted octanol–water partition coefficient (Wildman–Crippen LogP) is -3.84. The van der Waals surface area contributed by atoms with E-state index in [1.807, 2.05) is 0 Å². The minimum absolute atomic E-state index is 0.0913. The maximum atomic E-state index is 10.7. The van der Waals surface area contributed by atoms with E-state index in [4.69, 9.17) is 26.2 Å². The maximum Gasteiger partial charge on any atom is 0.214 e. The lowest BCUT2D eigenvalue weighted by atomic mass is 9.99. The number of aldehydes is 1. The minimum Gasteiger partial charge on any atom is -0.394 e. The Morgan fingerprint density at radius 2 is 1.79 bits per heavy atom. The summed E-state index contributed by atoms with van der Waals surface area (Å²) >= 11 is 0. The summed E-state index contributed by atoms with van der Waals surface area (Å²) in [5.74, 6) is -1.10. The molecule has 4 atom stereocenters. The van der Waals surface area contributed by atoms with Gasteiger partial charge in [-0.25, -0.2) is 0 Å². The molecule has 14 heavy (non-hydrogen) atoms. The molecule has 0 aliphatic rings. The molecule has 0 unspecified atom stereocenters. The van der Waals surface area contributed by atoms with Gasteiger partial charge in [0.25, 0.3) is 0 Å². The molecule has 0 aromatic heterocycles. The molecule has 82 valence electrons. The largest absolute Gasteiger partial charge is 0.394 e. The van der Waals surface area contributed by atoms with Gasteiger partial charge in [-0.05, 0) is 0 Å². The van der Waals surface area contributed by atoms with E-state index in [9.17, 15) is 9.59 Å². The summed E-state index contributed by atoms with van der Waals surface area (Å²) < 4.78 is 0. The highest BCUT2D eigenvalue weighted by Gasteiger charge is 2.32. The van der Waals surface area contributed by atoms with Crippen LogP contribution >= 0.6 is 0 Å². The van der Waals surface area contributed by atoms with E-state index in [2.05, 4.69) is 0 Å². The summed E-state index contributed by atoms with van der Waals surface area (Å²) in [7, 11) is 0. The van der Waals surface area contributed by atoms with Crippen LogP contribution in [0.4, 0.5) is 0 Å². The van der Waals surface area contributed by atoms with Gasteiger partial charge in [-0.1, -0.05) is 0 Å². The van der Waals surface area contributed by atoms with E-state index in [1.165, 1.54) is 0 Å². The molecular weight excluding hydrogens is 194 g/mol. The Morgan fingerprint density at radius 3 is 2.14 bits per heavy atom. The topological polar surface area (TPSA) is 141 Å². The average molecular weight is 207 g/mol. The molecule has 0 rings (SSSR count). The molecule has 7 heteroatoms. The lowest BCUT2D eigenvalue weighted by Gasteiger charge is -2.24. The Kier molecular flexibility index (Phi) is 5.43. The van der Waals surface area contributed by atoms with Crippen molar-refractivity contribution in [3.63, 3.8) is 0 Å². The number of carbonyl (C=O) groups excluding carboxylic acids is 2. The fourth-order valence-electron chi connectivity index (χ4n) is 0.795. The van der Waals surface area contributed by atoms with Crippen molar-refractivity contribution < 1.29 is 30.0 Å². The van der Waals surface area contributed by atoms with E-state index < -0.39 is 36.7 Å². The first kappa shape index (κ1) is 13.1. The van der Waals surface area contributed by atoms with E-state index in [0.717, 1.165) is 0 Å². The van der Waals surface area contributed by atoms with Crippen molar-refractivity contribution in [2.24, 2.45) is 5.73 Å². The highest BCUT2D eigenvalue weighted by molar-refractivity contribution is 6.27. The first-order valence-corrected chi connectivity index (χ1v) is 3.85. The molecule has 6 N–H and O–H groups in total. The molecule has 0 fully saturated rings. The summed E-state index contributed by atoms with van der Waals surface area (Å²) in [6.45, 7) is -0.791. The van der Waals surface area contributed by atoms with Gasteiger partial charge in [0.15, 0.2) is 6.29 Å². The van der Waals surface area contributed by atoms with Gasteiger partial charge < -0.3 is 26.2 Å². The second-order valence-corrected chi connectivity index (χ2v) is 2.78. The summed E-state index contributed by atoms with van der Waals surface area (Å²) in [5, 5.41) is 35.6. The Labute approximate surface area is 79.8 Å². The van der Waals surface area contributed by atoms with Gasteiger partial charge >= 0.3 is 0 Å². The lowest BCUT2D eigenvalue weighted by Crippen LogP contribution is -2.53. The third-order valence-electron chi connectivity index (χ3n) is 1.74. The van der Waals surface area contributed by atoms with Crippen LogP contribution in [0.25, 0.3) is 0 Å². The van der Waals surface area contributed by atoms with Crippen LogP contribution in [0.1, 0.15) is 0 Å². The van der Waals surface area contributed by atoms with Crippen molar-refractivity contribution in [1.29, 1.82) is 0 Å². The molecule has 0 saturated carbocycles. The number of aliphatic hydroxyl groups is 4. The number of aliphatic hydroxyl groups excluding tert-OH is 4. The van der Waals surface area contributed by atoms with Gasteiger partial charge in [-0.3, -0.25) is 9.59 Å². The highest BCUT2D eigenvalue weighted by Crippen LogP contribution is 2.03. The average Bonchev–Trinajstić information content (AvgIpc) is 2.23. The summed E-state index contributed by atoms with van der Waals surface area (Å²) in [6.07, 6.45) is -5.28. The van der Waals surface area contributed by atoms with E-state index in [-0.39, 0.29) is 6.29 Å². The van der Waals surface area contributed by atoms with Crippen LogP contribution in [-0.4, -0.2) is 63.5 Å². The van der Waals surface area contributed by atoms with Crippen LogP contribution in [0.2, 0.25) is 0 Å². The SMILES string of the molecule is N[C@@H](C(=O)C=O)[C@@H](O)[C@H](O)[C@H](O)CO. The van der Waals surface area contributed by atoms with Crippen molar-refractivity contribution in [2.45, 2.75) is 24.4 Å². The van der Waals surface area contributed by atoms with Gasteiger partial charge in [0.05, 0.1) is 6.61 Å². The standard InChI is InChI=1S/C7H13NO6/c8-5(3(11)1-9)7(14)6(13)4(12)2-10/h1,4-7,10,12-14H,2,8H2/t4-,5+,6-,7-/m1/s1. The molecule has 0 radical (unpaired) electrons. The Balaban J connectivity index is 4.37. The Bertz CT molecular complexity index is 208. The molecule has 0 aromatic rings. The number of hydrogen-bond donors (Lipinski definition) is 5. The Morgan fingerprint density at radius 1 is 1.29 bits per heavy atom. The summed E-state index contributed by atoms with van der Waals surface area (Å²) in [6, 6.07) is -1.61. The van der Waals surface area contributed by atoms with Crippen LogP contribution in [0.15, 0.2) is 0 Å². The number of nitrogens with two attached hydrogens (primary N) is 1. The van der Waals surface area contributed by atoms with Gasteiger partial charge in [0.2, 0.25) is 5.78 Å². The van der Waals surface area contributed by atoms with Gasteiger partial charge in [-0.15, -0.1) is 0 Å². The molecule has 0 bridgehead atoms. The molecule has 7 nitrogen and oxygen atoms in total. The molecule has 0 amide bonds. The maximum absolute atomic E-state index is 10.7. The second kappa shape index (κ2) is 5.78. The van der Waals surface area contributed by atoms with Crippen molar-refractivity contribution in [2.75, 3.05) is 6.61 Å². The summed E-state index contributed by atoms with van der Waals surface area (Å²) in [5.41, 5.74) is 5.08. The number of rotatable bonds is 6. The predicted molar refractivity (Wildman–Crippen MR) is 44.2 cm³/mol. The molecule has 0 aromatic carbocycles. The zero-order chi connectivity index (χ0) is 11.3. The Hall–Kier alpha value is -0.860. The molecule has 0 spiro atoms. The van der Waals surface area contributed by atoms with E-state index in [1.54, 1.807) is 0 Å². The normalized spacial score (nSPS) is 19.5. The van der Waals surface area contributed by atoms with E-state index >= 15 is 0 Å². The van der Waals surface area contributed by atoms with E-state index in [0.29, 0.717) is 0 Å². The quantitative estimate of drug-likeness (QED) is 0.222. The zero-order valence-electron chi connectivity index (χ0n) is 7.28. The van der Waals surface area contributed by atoms with Crippen LogP contribution in [0.5, 0.6) is 0 Å². The van der Waals surface area contributed by atoms with Crippen LogP contribution in [0.3, 0.4) is 0 Å². The third-order valence-corrected chi connectivity index (χ3v) is 1.74. The number of ketones is 1. The van der Waals surface area contributed by atoms with Crippen molar-refractivity contribution >= 4 is 12.1 Å². The number of carbonyl (C=O) groups is 2. The number of hydrogen-bond acceptors (Lipinski definition) is 7. The van der Waals surface area contributed by atoms with Gasteiger partial charge in [-0.2, -0.15) is 0 Å². The molecule has 0 saturated heterocycles. The van der Waals surface area contributed by atoms with Crippen LogP contribution in [-0.2, 0) is 9.59 Å². The van der Waals surface area contributed by atoms with Crippen molar-refractivity contribution in [3.05, 3.63) is 0 Å². The van der Waals surface area contributed by atoms with Gasteiger partial charge in [0, 0.05) is 0 Å². The first-order valence-electron chi connectivity index (χ1n) is 3.85. The summed E-state index contributed by atoms with van der Waals surface area (Å²) in [4.78, 5) is 20.6. The zero-order valence-corrected chi connectivity index (χ0v) is 7.28. The molecule has 0 aliphatic heterocycles. The molecule has 0 aliphatic carbocycles. The molecule has 0 heterocycles.